The summed E-state index contributed by atoms with van der Waals surface area (Å²) >= 11 is 3.67. The second-order valence-corrected chi connectivity index (χ2v) is 5.96. The van der Waals surface area contributed by atoms with E-state index in [0.29, 0.717) is 6.54 Å². The summed E-state index contributed by atoms with van der Waals surface area (Å²) in [4.78, 5) is 2.26. The molecule has 0 atom stereocenters. The number of nitrogens with zero attached hydrogens (tertiary/aromatic N) is 1. The second kappa shape index (κ2) is 6.91. The molecule has 2 aromatic rings. The minimum Gasteiger partial charge on any atom is -0.369 e. The fraction of sp³-hybridized carbons (Fsp3) is 0.294. The van der Waals surface area contributed by atoms with Gasteiger partial charge >= 0.3 is 0 Å². The highest BCUT2D eigenvalue weighted by molar-refractivity contribution is 9.10. The summed E-state index contributed by atoms with van der Waals surface area (Å²) in [7, 11) is 2.12. The number of halogens is 1. The van der Waals surface area contributed by atoms with E-state index in [2.05, 4.69) is 77.3 Å². The van der Waals surface area contributed by atoms with Crippen molar-refractivity contribution in [2.45, 2.75) is 19.9 Å². The molecule has 0 saturated heterocycles. The molecule has 2 aromatic carbocycles. The molecule has 20 heavy (non-hydrogen) atoms. The van der Waals surface area contributed by atoms with E-state index in [1.54, 1.807) is 0 Å². The Morgan fingerprint density at radius 1 is 1.15 bits per heavy atom. The van der Waals surface area contributed by atoms with Crippen LogP contribution < -0.4 is 10.6 Å². The Labute approximate surface area is 129 Å². The summed E-state index contributed by atoms with van der Waals surface area (Å²) in [5, 5.41) is 0. The minimum absolute atomic E-state index is 0.685. The third-order valence-electron chi connectivity index (χ3n) is 3.53. The van der Waals surface area contributed by atoms with Gasteiger partial charge in [-0.2, -0.15) is 0 Å². The van der Waals surface area contributed by atoms with Crippen molar-refractivity contribution in [3.8, 4) is 0 Å². The molecule has 0 aliphatic rings. The Balaban J connectivity index is 2.17. The molecule has 0 radical (unpaired) electrons. The van der Waals surface area contributed by atoms with Gasteiger partial charge in [0.1, 0.15) is 0 Å². The highest BCUT2D eigenvalue weighted by Gasteiger charge is 2.08. The lowest BCUT2D eigenvalue weighted by Crippen LogP contribution is -2.17. The van der Waals surface area contributed by atoms with Crippen LogP contribution in [-0.2, 0) is 13.0 Å². The average Bonchev–Trinajstić information content (AvgIpc) is 2.42. The van der Waals surface area contributed by atoms with Crippen molar-refractivity contribution in [3.63, 3.8) is 0 Å². The van der Waals surface area contributed by atoms with E-state index in [4.69, 9.17) is 5.73 Å². The maximum absolute atomic E-state index is 5.60. The number of rotatable bonds is 5. The number of aryl methyl sites for hydroxylation is 1. The van der Waals surface area contributed by atoms with Crippen LogP contribution in [0.15, 0.2) is 46.9 Å². The van der Waals surface area contributed by atoms with Crippen LogP contribution in [-0.4, -0.2) is 13.6 Å². The molecule has 2 N–H and O–H groups in total. The van der Waals surface area contributed by atoms with Crippen molar-refractivity contribution >= 4 is 21.6 Å². The fourth-order valence-corrected chi connectivity index (χ4v) is 3.04. The van der Waals surface area contributed by atoms with Crippen LogP contribution in [0.3, 0.4) is 0 Å². The van der Waals surface area contributed by atoms with E-state index < -0.39 is 0 Å². The zero-order valence-corrected chi connectivity index (χ0v) is 13.7. The third kappa shape index (κ3) is 3.62. The molecule has 0 aliphatic heterocycles. The number of nitrogens with two attached hydrogens (primary N) is 1. The molecule has 2 nitrogen and oxygen atoms in total. The van der Waals surface area contributed by atoms with Crippen molar-refractivity contribution < 1.29 is 0 Å². The lowest BCUT2D eigenvalue weighted by molar-refractivity contribution is 0.907. The third-order valence-corrected chi connectivity index (χ3v) is 4.16. The summed E-state index contributed by atoms with van der Waals surface area (Å²) in [6.45, 7) is 3.74. The topological polar surface area (TPSA) is 29.3 Å². The summed E-state index contributed by atoms with van der Waals surface area (Å²) in [5.41, 5.74) is 10.8. The van der Waals surface area contributed by atoms with Crippen LogP contribution in [0.2, 0.25) is 0 Å². The second-order valence-electron chi connectivity index (χ2n) is 5.11. The van der Waals surface area contributed by atoms with Gasteiger partial charge in [0.2, 0.25) is 0 Å². The van der Waals surface area contributed by atoms with Crippen LogP contribution in [0, 0.1) is 6.92 Å². The number of hydrogen-bond donors (Lipinski definition) is 1. The van der Waals surface area contributed by atoms with E-state index in [-0.39, 0.29) is 0 Å². The Kier molecular flexibility index (Phi) is 5.21. The van der Waals surface area contributed by atoms with Crippen LogP contribution >= 0.6 is 15.9 Å². The number of anilines is 1. The standard InChI is InChI=1S/C17H21BrN2/c1-13-5-3-4-6-15(13)12-20(2)17-8-7-14(9-10-19)11-16(17)18/h3-8,11H,9-10,12,19H2,1-2H3. The molecule has 0 bridgehead atoms. The van der Waals surface area contributed by atoms with Gasteiger partial charge in [0.15, 0.2) is 0 Å². The van der Waals surface area contributed by atoms with Crippen LogP contribution in [0.25, 0.3) is 0 Å². The Morgan fingerprint density at radius 2 is 1.90 bits per heavy atom. The minimum atomic E-state index is 0.685. The first kappa shape index (κ1) is 15.1. The lowest BCUT2D eigenvalue weighted by Gasteiger charge is -2.22. The van der Waals surface area contributed by atoms with E-state index >= 15 is 0 Å². The molecule has 0 unspecified atom stereocenters. The predicted octanol–water partition coefficient (Wildman–Crippen LogP) is 3.90. The van der Waals surface area contributed by atoms with Crippen LogP contribution in [0.5, 0.6) is 0 Å². The van der Waals surface area contributed by atoms with E-state index in [1.807, 2.05) is 0 Å². The molecule has 106 valence electrons. The monoisotopic (exact) mass is 332 g/mol. The Morgan fingerprint density at radius 3 is 2.55 bits per heavy atom. The van der Waals surface area contributed by atoms with Crippen LogP contribution in [0.1, 0.15) is 16.7 Å². The smallest absolute Gasteiger partial charge is 0.0511 e. The van der Waals surface area contributed by atoms with E-state index in [1.165, 1.54) is 22.4 Å². The van der Waals surface area contributed by atoms with Gasteiger partial charge in [-0.05, 0) is 64.6 Å². The molecule has 0 aromatic heterocycles. The fourth-order valence-electron chi connectivity index (χ4n) is 2.31. The molecular formula is C17H21BrN2. The van der Waals surface area contributed by atoms with Gasteiger partial charge in [-0.15, -0.1) is 0 Å². The van der Waals surface area contributed by atoms with Crippen molar-refractivity contribution in [1.82, 2.24) is 0 Å². The zero-order valence-electron chi connectivity index (χ0n) is 12.1. The predicted molar refractivity (Wildman–Crippen MR) is 90.2 cm³/mol. The summed E-state index contributed by atoms with van der Waals surface area (Å²) < 4.78 is 1.12. The normalized spacial score (nSPS) is 10.6. The highest BCUT2D eigenvalue weighted by atomic mass is 79.9. The molecular weight excluding hydrogens is 312 g/mol. The van der Waals surface area contributed by atoms with Crippen LogP contribution in [0.4, 0.5) is 5.69 Å². The summed E-state index contributed by atoms with van der Waals surface area (Å²) in [5.74, 6) is 0. The quantitative estimate of drug-likeness (QED) is 0.899. The van der Waals surface area contributed by atoms with E-state index in [9.17, 15) is 0 Å². The Hall–Kier alpha value is -1.32. The first-order chi connectivity index (χ1) is 9.61. The van der Waals surface area contributed by atoms with Gasteiger partial charge in [-0.1, -0.05) is 30.3 Å². The lowest BCUT2D eigenvalue weighted by atomic mass is 10.1. The largest absolute Gasteiger partial charge is 0.369 e. The van der Waals surface area contributed by atoms with Gasteiger partial charge in [0.05, 0.1) is 5.69 Å². The van der Waals surface area contributed by atoms with Gasteiger partial charge in [0.25, 0.3) is 0 Å². The van der Waals surface area contributed by atoms with Gasteiger partial charge in [0, 0.05) is 18.1 Å². The molecule has 0 aliphatic carbocycles. The van der Waals surface area contributed by atoms with Gasteiger partial charge in [-0.3, -0.25) is 0 Å². The molecule has 0 heterocycles. The molecule has 2 rings (SSSR count). The maximum Gasteiger partial charge on any atom is 0.0511 e. The Bertz CT molecular complexity index is 581. The van der Waals surface area contributed by atoms with Crippen molar-refractivity contribution in [1.29, 1.82) is 0 Å². The van der Waals surface area contributed by atoms with Gasteiger partial charge < -0.3 is 10.6 Å². The maximum atomic E-state index is 5.60. The van der Waals surface area contributed by atoms with E-state index in [0.717, 1.165) is 17.4 Å². The van der Waals surface area contributed by atoms with Crippen molar-refractivity contribution in [2.24, 2.45) is 5.73 Å². The highest BCUT2D eigenvalue weighted by Crippen LogP contribution is 2.28. The SMILES string of the molecule is Cc1ccccc1CN(C)c1ccc(CCN)cc1Br. The molecule has 0 saturated carbocycles. The molecule has 3 heteroatoms. The summed E-state index contributed by atoms with van der Waals surface area (Å²) in [6.07, 6.45) is 0.917. The van der Waals surface area contributed by atoms with Crippen molar-refractivity contribution in [2.75, 3.05) is 18.5 Å². The van der Waals surface area contributed by atoms with Gasteiger partial charge in [-0.25, -0.2) is 0 Å². The first-order valence-corrected chi connectivity index (χ1v) is 7.65. The zero-order chi connectivity index (χ0) is 14.5. The average molecular weight is 333 g/mol. The number of hydrogen-bond acceptors (Lipinski definition) is 2. The molecule has 0 fully saturated rings. The molecule has 0 amide bonds. The van der Waals surface area contributed by atoms with Crippen molar-refractivity contribution in [3.05, 3.63) is 63.6 Å². The first-order valence-electron chi connectivity index (χ1n) is 6.86. The summed E-state index contributed by atoms with van der Waals surface area (Å²) in [6, 6.07) is 15.0. The molecule has 0 spiro atoms. The number of benzene rings is 2.